The lowest BCUT2D eigenvalue weighted by Gasteiger charge is -2.43. The molecule has 6 heteroatoms. The molecule has 3 atom stereocenters. The van der Waals surface area contributed by atoms with Crippen LogP contribution in [0, 0.1) is 11.3 Å². The van der Waals surface area contributed by atoms with Crippen LogP contribution in [0.2, 0.25) is 16.6 Å². The predicted octanol–water partition coefficient (Wildman–Crippen LogP) is 4.05. The van der Waals surface area contributed by atoms with E-state index in [1.807, 2.05) is 0 Å². The third kappa shape index (κ3) is 4.66. The highest BCUT2D eigenvalue weighted by Crippen LogP contribution is 2.51. The van der Waals surface area contributed by atoms with Crippen molar-refractivity contribution in [3.05, 3.63) is 12.2 Å². The molecule has 0 bridgehead atoms. The molecule has 0 aromatic carbocycles. The van der Waals surface area contributed by atoms with E-state index in [0.717, 1.165) is 12.0 Å². The molecule has 1 aliphatic carbocycles. The van der Waals surface area contributed by atoms with Gasteiger partial charge in [-0.2, -0.15) is 0 Å². The Morgan fingerprint density at radius 2 is 1.74 bits per heavy atom. The second-order valence-electron chi connectivity index (χ2n) is 9.00. The molecule has 5 nitrogen and oxygen atoms in total. The van der Waals surface area contributed by atoms with Gasteiger partial charge in [0.1, 0.15) is 0 Å². The first-order valence-electron chi connectivity index (χ1n) is 10.2. The van der Waals surface area contributed by atoms with Gasteiger partial charge in [0.05, 0.1) is 25.2 Å². The minimum absolute atomic E-state index is 0.0677. The Kier molecular flexibility index (Phi) is 8.73. The first-order chi connectivity index (χ1) is 12.5. The van der Waals surface area contributed by atoms with Gasteiger partial charge >= 0.3 is 5.97 Å². The standard InChI is InChI=1S/C21H40O5Si/c1-14(2)27(15(3)4,16(5)6)26-13-18-9-10-21(17(18)7,20(24)25-8)11-19(23)12-22/h14-16,18-19,22-23H,7,9-13H2,1-6,8H3/t18-,19?,21+/m0/s1. The molecule has 0 amide bonds. The zero-order chi connectivity index (χ0) is 21.0. The van der Waals surface area contributed by atoms with Gasteiger partial charge in [0.2, 0.25) is 0 Å². The van der Waals surface area contributed by atoms with Gasteiger partial charge in [-0.1, -0.05) is 53.7 Å². The number of aliphatic hydroxyl groups is 2. The lowest BCUT2D eigenvalue weighted by Crippen LogP contribution is -2.48. The summed E-state index contributed by atoms with van der Waals surface area (Å²) in [5.74, 6) is -0.305. The topological polar surface area (TPSA) is 76.0 Å². The van der Waals surface area contributed by atoms with Gasteiger partial charge < -0.3 is 19.4 Å². The molecule has 0 spiro atoms. The normalized spacial score (nSPS) is 24.9. The molecular formula is C21H40O5Si. The molecule has 1 fully saturated rings. The van der Waals surface area contributed by atoms with Crippen LogP contribution in [0.3, 0.4) is 0 Å². The number of aliphatic hydroxyl groups excluding tert-OH is 2. The molecule has 0 heterocycles. The van der Waals surface area contributed by atoms with Crippen LogP contribution in [0.25, 0.3) is 0 Å². The van der Waals surface area contributed by atoms with Crippen molar-refractivity contribution in [3.8, 4) is 0 Å². The summed E-state index contributed by atoms with van der Waals surface area (Å²) in [7, 11) is -0.630. The number of hydrogen-bond donors (Lipinski definition) is 2. The van der Waals surface area contributed by atoms with Crippen molar-refractivity contribution in [1.29, 1.82) is 0 Å². The number of ether oxygens (including phenoxy) is 1. The molecule has 158 valence electrons. The number of carbonyl (C=O) groups excluding carboxylic acids is 1. The fraction of sp³-hybridized carbons (Fsp3) is 0.857. The highest BCUT2D eigenvalue weighted by atomic mass is 28.4. The van der Waals surface area contributed by atoms with E-state index in [0.29, 0.717) is 29.7 Å². The van der Waals surface area contributed by atoms with Crippen molar-refractivity contribution >= 4 is 14.3 Å². The number of carbonyl (C=O) groups is 1. The van der Waals surface area contributed by atoms with Crippen LogP contribution in [0.15, 0.2) is 12.2 Å². The number of esters is 1. The molecule has 1 aliphatic rings. The first-order valence-corrected chi connectivity index (χ1v) is 12.3. The fourth-order valence-electron chi connectivity index (χ4n) is 5.29. The van der Waals surface area contributed by atoms with Gasteiger partial charge in [-0.05, 0) is 35.9 Å². The number of rotatable bonds is 10. The Bertz CT molecular complexity index is 495. The minimum atomic E-state index is -1.99. The number of hydrogen-bond acceptors (Lipinski definition) is 5. The largest absolute Gasteiger partial charge is 0.468 e. The maximum atomic E-state index is 12.6. The average Bonchev–Trinajstić information content (AvgIpc) is 2.91. The van der Waals surface area contributed by atoms with E-state index in [9.17, 15) is 15.0 Å². The highest BCUT2D eigenvalue weighted by Gasteiger charge is 2.52. The summed E-state index contributed by atoms with van der Waals surface area (Å²) < 4.78 is 11.8. The molecular weight excluding hydrogens is 360 g/mol. The summed E-state index contributed by atoms with van der Waals surface area (Å²) in [6.07, 6.45) is 0.539. The van der Waals surface area contributed by atoms with E-state index in [1.54, 1.807) is 0 Å². The Labute approximate surface area is 166 Å². The van der Waals surface area contributed by atoms with Crippen LogP contribution in [0.4, 0.5) is 0 Å². The van der Waals surface area contributed by atoms with Crippen LogP contribution in [-0.2, 0) is 14.0 Å². The van der Waals surface area contributed by atoms with E-state index in [4.69, 9.17) is 9.16 Å². The predicted molar refractivity (Wildman–Crippen MR) is 111 cm³/mol. The minimum Gasteiger partial charge on any atom is -0.468 e. The first kappa shape index (κ1) is 24.3. The summed E-state index contributed by atoms with van der Waals surface area (Å²) in [4.78, 5) is 12.6. The van der Waals surface area contributed by atoms with E-state index < -0.39 is 19.8 Å². The summed E-state index contributed by atoms with van der Waals surface area (Å²) in [6, 6.07) is 0. The zero-order valence-electron chi connectivity index (χ0n) is 18.2. The molecule has 0 saturated heterocycles. The molecule has 1 unspecified atom stereocenters. The van der Waals surface area contributed by atoms with Crippen molar-refractivity contribution in [2.75, 3.05) is 20.3 Å². The second kappa shape index (κ2) is 9.68. The van der Waals surface area contributed by atoms with Crippen molar-refractivity contribution in [3.63, 3.8) is 0 Å². The van der Waals surface area contributed by atoms with Gasteiger partial charge in [0, 0.05) is 12.5 Å². The van der Waals surface area contributed by atoms with Gasteiger partial charge in [-0.25, -0.2) is 0 Å². The lowest BCUT2D eigenvalue weighted by molar-refractivity contribution is -0.152. The van der Waals surface area contributed by atoms with Crippen LogP contribution < -0.4 is 0 Å². The molecule has 0 radical (unpaired) electrons. The smallest absolute Gasteiger partial charge is 0.316 e. The van der Waals surface area contributed by atoms with Crippen LogP contribution in [0.1, 0.15) is 60.8 Å². The molecule has 27 heavy (non-hydrogen) atoms. The highest BCUT2D eigenvalue weighted by molar-refractivity contribution is 6.77. The Morgan fingerprint density at radius 3 is 2.15 bits per heavy atom. The molecule has 0 aromatic rings. The van der Waals surface area contributed by atoms with Crippen molar-refractivity contribution in [1.82, 2.24) is 0 Å². The van der Waals surface area contributed by atoms with E-state index in [1.165, 1.54) is 7.11 Å². The van der Waals surface area contributed by atoms with E-state index in [-0.39, 0.29) is 24.9 Å². The summed E-state index contributed by atoms with van der Waals surface area (Å²) in [5, 5.41) is 19.2. The summed E-state index contributed by atoms with van der Waals surface area (Å²) in [6.45, 7) is 17.9. The maximum Gasteiger partial charge on any atom is 0.316 e. The maximum absolute atomic E-state index is 12.6. The van der Waals surface area contributed by atoms with Crippen molar-refractivity contribution < 1.29 is 24.2 Å². The third-order valence-corrected chi connectivity index (χ3v) is 12.7. The summed E-state index contributed by atoms with van der Waals surface area (Å²) >= 11 is 0. The van der Waals surface area contributed by atoms with Crippen molar-refractivity contribution in [2.45, 2.75) is 83.5 Å². The lowest BCUT2D eigenvalue weighted by atomic mass is 9.76. The Morgan fingerprint density at radius 1 is 1.22 bits per heavy atom. The second-order valence-corrected chi connectivity index (χ2v) is 14.5. The van der Waals surface area contributed by atoms with Gasteiger partial charge in [0.15, 0.2) is 8.32 Å². The van der Waals surface area contributed by atoms with Crippen molar-refractivity contribution in [2.24, 2.45) is 11.3 Å². The molecule has 2 N–H and O–H groups in total. The molecule has 1 saturated carbocycles. The monoisotopic (exact) mass is 400 g/mol. The Hall–Kier alpha value is -0.693. The quantitative estimate of drug-likeness (QED) is 0.329. The molecule has 1 rings (SSSR count). The van der Waals surface area contributed by atoms with Gasteiger partial charge in [0.25, 0.3) is 0 Å². The zero-order valence-corrected chi connectivity index (χ0v) is 19.2. The SMILES string of the molecule is C=C1[C@H](CO[Si](C(C)C)(C(C)C)C(C)C)CC[C@]1(CC(O)CO)C(=O)OC. The average molecular weight is 401 g/mol. The van der Waals surface area contributed by atoms with E-state index >= 15 is 0 Å². The van der Waals surface area contributed by atoms with Gasteiger partial charge in [-0.15, -0.1) is 0 Å². The van der Waals surface area contributed by atoms with Crippen LogP contribution >= 0.6 is 0 Å². The fourth-order valence-corrected chi connectivity index (χ4v) is 10.8. The van der Waals surface area contributed by atoms with Gasteiger partial charge in [-0.3, -0.25) is 4.79 Å². The molecule has 0 aromatic heterocycles. The number of methoxy groups -OCH3 is 1. The van der Waals surface area contributed by atoms with Crippen LogP contribution in [0.5, 0.6) is 0 Å². The van der Waals surface area contributed by atoms with Crippen LogP contribution in [-0.4, -0.2) is 50.9 Å². The summed E-state index contributed by atoms with van der Waals surface area (Å²) in [5.41, 5.74) is 1.33. The molecule has 0 aliphatic heterocycles. The third-order valence-electron chi connectivity index (χ3n) is 6.64. The van der Waals surface area contributed by atoms with E-state index in [2.05, 4.69) is 48.1 Å². The Balaban J connectivity index is 3.03.